The second kappa shape index (κ2) is 9.56. The molecule has 0 fully saturated rings. The van der Waals surface area contributed by atoms with E-state index in [9.17, 15) is 9.59 Å². The minimum Gasteiger partial charge on any atom is -0.273 e. The molecule has 2 amide bonds. The summed E-state index contributed by atoms with van der Waals surface area (Å²) >= 11 is 11.7. The van der Waals surface area contributed by atoms with Crippen molar-refractivity contribution < 1.29 is 9.59 Å². The summed E-state index contributed by atoms with van der Waals surface area (Å²) < 4.78 is 0. The van der Waals surface area contributed by atoms with Crippen LogP contribution in [-0.2, 0) is 9.59 Å². The topological polar surface area (TPSA) is 82.9 Å². The standard InChI is InChI=1S/C17H14Cl2N4O2/c18-14-5-1-3-12(7-14)10-20-22-16(24)9-17(25)23-21-11-13-4-2-6-15(19)8-13/h1-8,10-11H,9H2,(H,22,24)(H,23,25)/b20-10-,21-11-. The normalized spacial score (nSPS) is 11.0. The Morgan fingerprint density at radius 3 is 1.68 bits per heavy atom. The van der Waals surface area contributed by atoms with Gasteiger partial charge in [0, 0.05) is 10.0 Å². The summed E-state index contributed by atoms with van der Waals surface area (Å²) in [5.74, 6) is -1.12. The summed E-state index contributed by atoms with van der Waals surface area (Å²) in [4.78, 5) is 23.2. The number of carbonyl (C=O) groups excluding carboxylic acids is 2. The van der Waals surface area contributed by atoms with E-state index in [0.717, 1.165) is 11.1 Å². The smallest absolute Gasteiger partial charge is 0.249 e. The van der Waals surface area contributed by atoms with Gasteiger partial charge in [0.05, 0.1) is 12.4 Å². The van der Waals surface area contributed by atoms with Gasteiger partial charge in [0.1, 0.15) is 6.42 Å². The Morgan fingerprint density at radius 2 is 1.28 bits per heavy atom. The fourth-order valence-electron chi connectivity index (χ4n) is 1.76. The molecule has 0 atom stereocenters. The van der Waals surface area contributed by atoms with Gasteiger partial charge in [-0.05, 0) is 35.4 Å². The number of rotatable bonds is 6. The molecular formula is C17H14Cl2N4O2. The fraction of sp³-hybridized carbons (Fsp3) is 0.0588. The van der Waals surface area contributed by atoms with Gasteiger partial charge in [-0.2, -0.15) is 10.2 Å². The number of carbonyl (C=O) groups is 2. The van der Waals surface area contributed by atoms with E-state index in [4.69, 9.17) is 23.2 Å². The molecule has 0 bridgehead atoms. The number of amides is 2. The highest BCUT2D eigenvalue weighted by Gasteiger charge is 2.07. The lowest BCUT2D eigenvalue weighted by Crippen LogP contribution is -2.27. The molecule has 2 aromatic rings. The van der Waals surface area contributed by atoms with Gasteiger partial charge in [0.2, 0.25) is 11.8 Å². The van der Waals surface area contributed by atoms with E-state index in [1.54, 1.807) is 48.5 Å². The highest BCUT2D eigenvalue weighted by molar-refractivity contribution is 6.31. The van der Waals surface area contributed by atoms with Crippen molar-refractivity contribution in [1.82, 2.24) is 10.9 Å². The maximum absolute atomic E-state index is 11.6. The van der Waals surface area contributed by atoms with E-state index >= 15 is 0 Å². The second-order valence-electron chi connectivity index (χ2n) is 4.87. The molecule has 0 aliphatic rings. The van der Waals surface area contributed by atoms with Crippen LogP contribution in [-0.4, -0.2) is 24.2 Å². The Kier molecular flexibility index (Phi) is 7.13. The molecule has 0 radical (unpaired) electrons. The van der Waals surface area contributed by atoms with Crippen LogP contribution in [0.1, 0.15) is 17.5 Å². The molecular weight excluding hydrogens is 363 g/mol. The van der Waals surface area contributed by atoms with Crippen molar-refractivity contribution in [3.8, 4) is 0 Å². The molecule has 6 nitrogen and oxygen atoms in total. The Morgan fingerprint density at radius 1 is 0.840 bits per heavy atom. The predicted molar refractivity (Wildman–Crippen MR) is 99.0 cm³/mol. The molecule has 0 heterocycles. The highest BCUT2D eigenvalue weighted by atomic mass is 35.5. The first-order valence-electron chi connectivity index (χ1n) is 7.18. The van der Waals surface area contributed by atoms with Crippen molar-refractivity contribution in [2.45, 2.75) is 6.42 Å². The third-order valence-electron chi connectivity index (χ3n) is 2.82. The van der Waals surface area contributed by atoms with Crippen LogP contribution in [0.3, 0.4) is 0 Å². The number of nitrogens with zero attached hydrogens (tertiary/aromatic N) is 2. The highest BCUT2D eigenvalue weighted by Crippen LogP contribution is 2.09. The Bertz CT molecular complexity index is 754. The van der Waals surface area contributed by atoms with Crippen LogP contribution in [0.15, 0.2) is 58.7 Å². The molecule has 128 valence electrons. The van der Waals surface area contributed by atoms with Crippen molar-refractivity contribution in [2.24, 2.45) is 10.2 Å². The molecule has 0 spiro atoms. The monoisotopic (exact) mass is 376 g/mol. The van der Waals surface area contributed by atoms with Gasteiger partial charge in [0.15, 0.2) is 0 Å². The van der Waals surface area contributed by atoms with Gasteiger partial charge in [-0.1, -0.05) is 47.5 Å². The first-order valence-corrected chi connectivity index (χ1v) is 7.93. The molecule has 2 rings (SSSR count). The van der Waals surface area contributed by atoms with Crippen LogP contribution in [0.5, 0.6) is 0 Å². The molecule has 2 aromatic carbocycles. The van der Waals surface area contributed by atoms with E-state index < -0.39 is 18.2 Å². The van der Waals surface area contributed by atoms with E-state index in [1.165, 1.54) is 12.4 Å². The SMILES string of the molecule is O=C(CC(=O)N/N=C\c1cccc(Cl)c1)N/N=C\c1cccc(Cl)c1. The number of hydrogen-bond donors (Lipinski definition) is 2. The minimum absolute atomic E-state index is 0.403. The molecule has 0 aromatic heterocycles. The summed E-state index contributed by atoms with van der Waals surface area (Å²) in [5, 5.41) is 8.64. The molecule has 0 unspecified atom stereocenters. The van der Waals surface area contributed by atoms with Gasteiger partial charge in [-0.15, -0.1) is 0 Å². The summed E-state index contributed by atoms with van der Waals surface area (Å²) in [6.45, 7) is 0. The van der Waals surface area contributed by atoms with Gasteiger partial charge in [-0.3, -0.25) is 9.59 Å². The number of benzene rings is 2. The fourth-order valence-corrected chi connectivity index (χ4v) is 2.15. The number of halogens is 2. The summed E-state index contributed by atoms with van der Waals surface area (Å²) in [7, 11) is 0. The van der Waals surface area contributed by atoms with Crippen LogP contribution < -0.4 is 10.9 Å². The number of hydrogen-bond acceptors (Lipinski definition) is 4. The van der Waals surface area contributed by atoms with Gasteiger partial charge in [-0.25, -0.2) is 10.9 Å². The number of hydrazone groups is 2. The van der Waals surface area contributed by atoms with Gasteiger partial charge < -0.3 is 0 Å². The Hall–Kier alpha value is -2.70. The zero-order valence-corrected chi connectivity index (χ0v) is 14.5. The first kappa shape index (κ1) is 18.6. The molecule has 25 heavy (non-hydrogen) atoms. The van der Waals surface area contributed by atoms with Gasteiger partial charge >= 0.3 is 0 Å². The molecule has 0 aliphatic heterocycles. The van der Waals surface area contributed by atoms with Crippen molar-refractivity contribution >= 4 is 47.4 Å². The van der Waals surface area contributed by atoms with E-state index in [1.807, 2.05) is 0 Å². The van der Waals surface area contributed by atoms with Gasteiger partial charge in [0.25, 0.3) is 0 Å². The van der Waals surface area contributed by atoms with Crippen LogP contribution in [0.2, 0.25) is 10.0 Å². The van der Waals surface area contributed by atoms with Crippen LogP contribution >= 0.6 is 23.2 Å². The number of nitrogens with one attached hydrogen (secondary N) is 2. The lowest BCUT2D eigenvalue weighted by atomic mass is 10.2. The third-order valence-corrected chi connectivity index (χ3v) is 3.29. The third kappa shape index (κ3) is 7.15. The van der Waals surface area contributed by atoms with E-state index in [2.05, 4.69) is 21.1 Å². The largest absolute Gasteiger partial charge is 0.273 e. The maximum atomic E-state index is 11.6. The average Bonchev–Trinajstić information content (AvgIpc) is 2.55. The van der Waals surface area contributed by atoms with Crippen molar-refractivity contribution in [2.75, 3.05) is 0 Å². The van der Waals surface area contributed by atoms with Crippen molar-refractivity contribution in [1.29, 1.82) is 0 Å². The summed E-state index contributed by atoms with van der Waals surface area (Å²) in [5.41, 5.74) is 5.96. The Balaban J connectivity index is 1.75. The lowest BCUT2D eigenvalue weighted by Gasteiger charge is -2.00. The molecule has 8 heteroatoms. The molecule has 0 saturated carbocycles. The second-order valence-corrected chi connectivity index (χ2v) is 5.75. The molecule has 0 saturated heterocycles. The zero-order chi connectivity index (χ0) is 18.1. The van der Waals surface area contributed by atoms with E-state index in [0.29, 0.717) is 10.0 Å². The first-order chi connectivity index (χ1) is 12.0. The van der Waals surface area contributed by atoms with Crippen LogP contribution in [0.4, 0.5) is 0 Å². The average molecular weight is 377 g/mol. The lowest BCUT2D eigenvalue weighted by molar-refractivity contribution is -0.129. The van der Waals surface area contributed by atoms with Crippen molar-refractivity contribution in [3.63, 3.8) is 0 Å². The Labute approximate surface area is 154 Å². The van der Waals surface area contributed by atoms with Crippen molar-refractivity contribution in [3.05, 3.63) is 69.7 Å². The van der Waals surface area contributed by atoms with Crippen LogP contribution in [0.25, 0.3) is 0 Å². The summed E-state index contributed by atoms with van der Waals surface area (Å²) in [6, 6.07) is 13.9. The zero-order valence-electron chi connectivity index (χ0n) is 12.9. The maximum Gasteiger partial charge on any atom is 0.249 e. The summed E-state index contributed by atoms with van der Waals surface area (Å²) in [6.07, 6.45) is 2.46. The molecule has 0 aliphatic carbocycles. The van der Waals surface area contributed by atoms with Crippen LogP contribution in [0, 0.1) is 0 Å². The van der Waals surface area contributed by atoms with E-state index in [-0.39, 0.29) is 0 Å². The molecule has 2 N–H and O–H groups in total. The predicted octanol–water partition coefficient (Wildman–Crippen LogP) is 2.98. The minimum atomic E-state index is -0.561. The quantitative estimate of drug-likeness (QED) is 0.461.